The highest BCUT2D eigenvalue weighted by atomic mass is 35.5. The molecule has 0 fully saturated rings. The zero-order valence-corrected chi connectivity index (χ0v) is 9.71. The molecule has 0 radical (unpaired) electrons. The smallest absolute Gasteiger partial charge is 0.135 e. The molecule has 0 spiro atoms. The van der Waals surface area contributed by atoms with Gasteiger partial charge in [0.2, 0.25) is 0 Å². The highest BCUT2D eigenvalue weighted by Gasteiger charge is 2.10. The van der Waals surface area contributed by atoms with Crippen LogP contribution in [0.25, 0.3) is 0 Å². The lowest BCUT2D eigenvalue weighted by Gasteiger charge is -2.10. The van der Waals surface area contributed by atoms with Crippen molar-refractivity contribution in [2.24, 2.45) is 0 Å². The van der Waals surface area contributed by atoms with E-state index in [9.17, 15) is 0 Å². The maximum Gasteiger partial charge on any atom is 0.135 e. The van der Waals surface area contributed by atoms with Crippen molar-refractivity contribution in [2.75, 3.05) is 7.11 Å². The van der Waals surface area contributed by atoms with Crippen LogP contribution in [0.1, 0.15) is 16.8 Å². The summed E-state index contributed by atoms with van der Waals surface area (Å²) in [6.45, 7) is 5.80. The molecule has 0 unspecified atom stereocenters. The number of aromatic nitrogens is 1. The quantitative estimate of drug-likeness (QED) is 0.681. The molecular weight excluding hydrogens is 209 g/mol. The highest BCUT2D eigenvalue weighted by Crippen LogP contribution is 2.28. The molecule has 2 nitrogen and oxygen atoms in total. The predicted molar refractivity (Wildman–Crippen MR) is 57.3 cm³/mol. The van der Waals surface area contributed by atoms with Crippen LogP contribution in [0.5, 0.6) is 5.75 Å². The minimum atomic E-state index is 0. The third kappa shape index (κ3) is 2.26. The molecule has 1 rings (SSSR count). The lowest BCUT2D eigenvalue weighted by molar-refractivity contribution is 0.407. The summed E-state index contributed by atoms with van der Waals surface area (Å²) in [5, 5.41) is 0.523. The van der Waals surface area contributed by atoms with E-state index in [0.717, 1.165) is 22.6 Å². The highest BCUT2D eigenvalue weighted by molar-refractivity contribution is 6.30. The van der Waals surface area contributed by atoms with E-state index < -0.39 is 0 Å². The number of pyridine rings is 1. The van der Waals surface area contributed by atoms with E-state index in [2.05, 4.69) is 4.98 Å². The molecule has 1 aromatic rings. The summed E-state index contributed by atoms with van der Waals surface area (Å²) in [5.74, 6) is 0.840. The van der Waals surface area contributed by atoms with E-state index in [1.54, 1.807) is 7.11 Å². The van der Waals surface area contributed by atoms with Gasteiger partial charge in [0.1, 0.15) is 10.9 Å². The first-order valence-corrected chi connectivity index (χ1v) is 4.13. The van der Waals surface area contributed by atoms with Gasteiger partial charge in [0.05, 0.1) is 7.11 Å². The number of hydrogen-bond acceptors (Lipinski definition) is 2. The Morgan fingerprint density at radius 3 is 2.15 bits per heavy atom. The third-order valence-electron chi connectivity index (χ3n) is 2.00. The van der Waals surface area contributed by atoms with E-state index in [1.807, 2.05) is 20.8 Å². The van der Waals surface area contributed by atoms with Crippen molar-refractivity contribution < 1.29 is 4.74 Å². The van der Waals surface area contributed by atoms with Crippen LogP contribution in [0.4, 0.5) is 0 Å². The summed E-state index contributed by atoms with van der Waals surface area (Å²) < 4.78 is 5.21. The second-order valence-corrected chi connectivity index (χ2v) is 3.13. The zero-order chi connectivity index (χ0) is 9.30. The van der Waals surface area contributed by atoms with Crippen LogP contribution >= 0.6 is 24.0 Å². The topological polar surface area (TPSA) is 22.1 Å². The standard InChI is InChI=1S/C9H12ClNO.ClH/c1-5-7(3)11-9(10)6(2)8(5)12-4;/h1-4H3;1H. The first-order chi connectivity index (χ1) is 5.57. The molecular formula is C9H13Cl2NO. The van der Waals surface area contributed by atoms with E-state index in [1.165, 1.54) is 0 Å². The van der Waals surface area contributed by atoms with Crippen molar-refractivity contribution in [1.29, 1.82) is 0 Å². The Bertz CT molecular complexity index is 287. The molecule has 13 heavy (non-hydrogen) atoms. The van der Waals surface area contributed by atoms with Crippen molar-refractivity contribution in [2.45, 2.75) is 20.8 Å². The maximum absolute atomic E-state index is 5.88. The molecule has 74 valence electrons. The van der Waals surface area contributed by atoms with E-state index >= 15 is 0 Å². The summed E-state index contributed by atoms with van der Waals surface area (Å²) in [4.78, 5) is 4.17. The van der Waals surface area contributed by atoms with Gasteiger partial charge < -0.3 is 4.74 Å². The van der Waals surface area contributed by atoms with Gasteiger partial charge in [-0.15, -0.1) is 12.4 Å². The molecule has 0 atom stereocenters. The largest absolute Gasteiger partial charge is 0.496 e. The Morgan fingerprint density at radius 1 is 1.15 bits per heavy atom. The van der Waals surface area contributed by atoms with Gasteiger partial charge in [-0.05, 0) is 20.8 Å². The lowest BCUT2D eigenvalue weighted by Crippen LogP contribution is -1.97. The Balaban J connectivity index is 0.00000144. The fourth-order valence-corrected chi connectivity index (χ4v) is 1.37. The molecule has 0 saturated heterocycles. The van der Waals surface area contributed by atoms with Crippen LogP contribution < -0.4 is 4.74 Å². The number of hydrogen-bond donors (Lipinski definition) is 0. The monoisotopic (exact) mass is 221 g/mol. The molecule has 0 saturated carbocycles. The average molecular weight is 222 g/mol. The molecule has 0 amide bonds. The molecule has 0 bridgehead atoms. The van der Waals surface area contributed by atoms with Gasteiger partial charge in [-0.1, -0.05) is 11.6 Å². The van der Waals surface area contributed by atoms with E-state index in [4.69, 9.17) is 16.3 Å². The molecule has 1 heterocycles. The number of halogens is 2. The Morgan fingerprint density at radius 2 is 1.69 bits per heavy atom. The molecule has 0 N–H and O–H groups in total. The number of ether oxygens (including phenoxy) is 1. The van der Waals surface area contributed by atoms with Crippen LogP contribution in [-0.2, 0) is 0 Å². The summed E-state index contributed by atoms with van der Waals surface area (Å²) >= 11 is 5.88. The summed E-state index contributed by atoms with van der Waals surface area (Å²) in [6.07, 6.45) is 0. The zero-order valence-electron chi connectivity index (χ0n) is 8.14. The van der Waals surface area contributed by atoms with Crippen molar-refractivity contribution in [3.8, 4) is 5.75 Å². The van der Waals surface area contributed by atoms with Gasteiger partial charge in [0, 0.05) is 16.8 Å². The first kappa shape index (κ1) is 12.5. The number of rotatable bonds is 1. The van der Waals surface area contributed by atoms with Gasteiger partial charge in [-0.3, -0.25) is 0 Å². The minimum absolute atomic E-state index is 0. The van der Waals surface area contributed by atoms with Gasteiger partial charge in [0.25, 0.3) is 0 Å². The molecule has 0 aliphatic heterocycles. The summed E-state index contributed by atoms with van der Waals surface area (Å²) in [6, 6.07) is 0. The van der Waals surface area contributed by atoms with Crippen molar-refractivity contribution in [3.05, 3.63) is 22.0 Å². The second-order valence-electron chi connectivity index (χ2n) is 2.77. The van der Waals surface area contributed by atoms with Gasteiger partial charge >= 0.3 is 0 Å². The van der Waals surface area contributed by atoms with Crippen molar-refractivity contribution in [1.82, 2.24) is 4.98 Å². The van der Waals surface area contributed by atoms with Crippen LogP contribution in [0, 0.1) is 20.8 Å². The molecule has 0 aliphatic carbocycles. The van der Waals surface area contributed by atoms with Gasteiger partial charge in [-0.2, -0.15) is 0 Å². The van der Waals surface area contributed by atoms with Crippen molar-refractivity contribution >= 4 is 24.0 Å². The fraction of sp³-hybridized carbons (Fsp3) is 0.444. The van der Waals surface area contributed by atoms with Crippen molar-refractivity contribution in [3.63, 3.8) is 0 Å². The predicted octanol–water partition coefficient (Wildman–Crippen LogP) is 3.09. The van der Waals surface area contributed by atoms with Crippen LogP contribution in [0.2, 0.25) is 5.15 Å². The SMILES string of the molecule is COc1c(C)c(C)nc(Cl)c1C.Cl. The average Bonchev–Trinajstić information content (AvgIpc) is 2.02. The number of methoxy groups -OCH3 is 1. The van der Waals surface area contributed by atoms with E-state index in [-0.39, 0.29) is 12.4 Å². The first-order valence-electron chi connectivity index (χ1n) is 3.75. The third-order valence-corrected chi connectivity index (χ3v) is 2.37. The van der Waals surface area contributed by atoms with Crippen LogP contribution in [0.3, 0.4) is 0 Å². The van der Waals surface area contributed by atoms with Crippen LogP contribution in [0.15, 0.2) is 0 Å². The minimum Gasteiger partial charge on any atom is -0.496 e. The fourth-order valence-electron chi connectivity index (χ4n) is 1.16. The Kier molecular flexibility index (Phi) is 4.51. The molecule has 1 aromatic heterocycles. The second kappa shape index (κ2) is 4.68. The number of aryl methyl sites for hydroxylation is 1. The molecule has 0 aliphatic rings. The van der Waals surface area contributed by atoms with Gasteiger partial charge in [0.15, 0.2) is 0 Å². The summed E-state index contributed by atoms with van der Waals surface area (Å²) in [7, 11) is 1.64. The van der Waals surface area contributed by atoms with Gasteiger partial charge in [-0.25, -0.2) is 4.98 Å². The summed E-state index contributed by atoms with van der Waals surface area (Å²) in [5.41, 5.74) is 2.88. The molecule has 4 heteroatoms. The van der Waals surface area contributed by atoms with E-state index in [0.29, 0.717) is 5.15 Å². The Hall–Kier alpha value is -0.470. The Labute approximate surface area is 89.7 Å². The number of nitrogens with zero attached hydrogens (tertiary/aromatic N) is 1. The van der Waals surface area contributed by atoms with Crippen LogP contribution in [-0.4, -0.2) is 12.1 Å². The maximum atomic E-state index is 5.88. The normalized spacial score (nSPS) is 9.31. The molecule has 0 aromatic carbocycles. The lowest BCUT2D eigenvalue weighted by atomic mass is 10.1.